The van der Waals surface area contributed by atoms with E-state index in [9.17, 15) is 4.79 Å². The zero-order chi connectivity index (χ0) is 15.0. The summed E-state index contributed by atoms with van der Waals surface area (Å²) >= 11 is 0. The van der Waals surface area contributed by atoms with Crippen LogP contribution in [0.15, 0.2) is 48.5 Å². The summed E-state index contributed by atoms with van der Waals surface area (Å²) in [6, 6.07) is 15.9. The third-order valence-electron chi connectivity index (χ3n) is 4.21. The van der Waals surface area contributed by atoms with E-state index in [1.54, 1.807) is 12.1 Å². The molecule has 0 unspecified atom stereocenters. The number of benzene rings is 2. The summed E-state index contributed by atoms with van der Waals surface area (Å²) < 4.78 is 0. The van der Waals surface area contributed by atoms with Crippen molar-refractivity contribution in [3.63, 3.8) is 0 Å². The van der Waals surface area contributed by atoms with Crippen LogP contribution in [0.1, 0.15) is 41.4 Å². The molecule has 1 heterocycles. The SMILES string of the molecule is CC1(C)Cc2cc(C(=O)O)ccc2N[C@@H]1c1ccccc1. The number of hydrogen-bond donors (Lipinski definition) is 2. The van der Waals surface area contributed by atoms with Gasteiger partial charge in [0.05, 0.1) is 11.6 Å². The minimum absolute atomic E-state index is 0.0193. The van der Waals surface area contributed by atoms with Gasteiger partial charge in [0, 0.05) is 5.69 Å². The largest absolute Gasteiger partial charge is 0.478 e. The fourth-order valence-electron chi connectivity index (χ4n) is 3.14. The number of carboxylic acids is 1. The van der Waals surface area contributed by atoms with E-state index in [1.807, 2.05) is 12.1 Å². The first kappa shape index (κ1) is 13.7. The van der Waals surface area contributed by atoms with Crippen molar-refractivity contribution in [2.75, 3.05) is 5.32 Å². The quantitative estimate of drug-likeness (QED) is 0.870. The van der Waals surface area contributed by atoms with Gasteiger partial charge in [-0.1, -0.05) is 44.2 Å². The van der Waals surface area contributed by atoms with Gasteiger partial charge in [0.2, 0.25) is 0 Å². The van der Waals surface area contributed by atoms with Gasteiger partial charge in [0.15, 0.2) is 0 Å². The molecule has 0 aliphatic carbocycles. The van der Waals surface area contributed by atoms with Gasteiger partial charge >= 0.3 is 5.97 Å². The molecule has 108 valence electrons. The van der Waals surface area contributed by atoms with Crippen LogP contribution in [0.4, 0.5) is 5.69 Å². The highest BCUT2D eigenvalue weighted by Gasteiger charge is 2.35. The summed E-state index contributed by atoms with van der Waals surface area (Å²) in [4.78, 5) is 11.1. The Hall–Kier alpha value is -2.29. The van der Waals surface area contributed by atoms with Crippen molar-refractivity contribution in [1.29, 1.82) is 0 Å². The molecule has 0 spiro atoms. The monoisotopic (exact) mass is 281 g/mol. The van der Waals surface area contributed by atoms with Gasteiger partial charge < -0.3 is 10.4 Å². The number of carboxylic acid groups (broad SMARTS) is 1. The molecule has 3 nitrogen and oxygen atoms in total. The van der Waals surface area contributed by atoms with Crippen LogP contribution in [0.2, 0.25) is 0 Å². The summed E-state index contributed by atoms with van der Waals surface area (Å²) in [7, 11) is 0. The first-order chi connectivity index (χ1) is 9.97. The lowest BCUT2D eigenvalue weighted by Gasteiger charge is -2.41. The van der Waals surface area contributed by atoms with Gasteiger partial charge in [-0.25, -0.2) is 4.79 Å². The number of carbonyl (C=O) groups is 1. The van der Waals surface area contributed by atoms with E-state index in [0.717, 1.165) is 17.7 Å². The summed E-state index contributed by atoms with van der Waals surface area (Å²) in [5.41, 5.74) is 3.74. The van der Waals surface area contributed by atoms with Crippen molar-refractivity contribution >= 4 is 11.7 Å². The van der Waals surface area contributed by atoms with Crippen LogP contribution in [0.25, 0.3) is 0 Å². The molecule has 2 N–H and O–H groups in total. The van der Waals surface area contributed by atoms with Crippen molar-refractivity contribution in [2.24, 2.45) is 5.41 Å². The smallest absolute Gasteiger partial charge is 0.335 e. The van der Waals surface area contributed by atoms with Gasteiger partial charge in [-0.3, -0.25) is 0 Å². The minimum atomic E-state index is -0.874. The van der Waals surface area contributed by atoms with E-state index >= 15 is 0 Å². The highest BCUT2D eigenvalue weighted by Crippen LogP contribution is 2.44. The van der Waals surface area contributed by atoms with Crippen LogP contribution >= 0.6 is 0 Å². The van der Waals surface area contributed by atoms with Crippen LogP contribution in [0, 0.1) is 5.41 Å². The molecule has 0 aromatic heterocycles. The number of anilines is 1. The van der Waals surface area contributed by atoms with E-state index in [0.29, 0.717) is 5.56 Å². The summed E-state index contributed by atoms with van der Waals surface area (Å²) in [6.45, 7) is 4.43. The molecule has 1 atom stereocenters. The van der Waals surface area contributed by atoms with Crippen LogP contribution < -0.4 is 5.32 Å². The van der Waals surface area contributed by atoms with Crippen molar-refractivity contribution in [3.8, 4) is 0 Å². The molecule has 0 radical (unpaired) electrons. The van der Waals surface area contributed by atoms with Gasteiger partial charge in [0.25, 0.3) is 0 Å². The Balaban J connectivity index is 2.00. The zero-order valence-corrected chi connectivity index (χ0v) is 12.3. The lowest BCUT2D eigenvalue weighted by Crippen LogP contribution is -2.35. The Morgan fingerprint density at radius 2 is 1.90 bits per heavy atom. The van der Waals surface area contributed by atoms with Gasteiger partial charge in [-0.05, 0) is 41.2 Å². The van der Waals surface area contributed by atoms with E-state index in [2.05, 4.69) is 43.4 Å². The molecule has 1 aliphatic heterocycles. The number of aromatic carboxylic acids is 1. The molecule has 0 amide bonds. The Labute approximate surface area is 124 Å². The third-order valence-corrected chi connectivity index (χ3v) is 4.21. The molecule has 2 aromatic rings. The predicted molar refractivity (Wildman–Crippen MR) is 83.7 cm³/mol. The molecule has 2 aromatic carbocycles. The number of rotatable bonds is 2. The second-order valence-corrected chi connectivity index (χ2v) is 6.33. The third kappa shape index (κ3) is 2.51. The van der Waals surface area contributed by atoms with E-state index in [1.165, 1.54) is 5.56 Å². The van der Waals surface area contributed by atoms with Gasteiger partial charge in [-0.2, -0.15) is 0 Å². The van der Waals surface area contributed by atoms with Crippen molar-refractivity contribution in [3.05, 3.63) is 65.2 Å². The molecule has 3 rings (SSSR count). The molecule has 1 aliphatic rings. The second-order valence-electron chi connectivity index (χ2n) is 6.33. The first-order valence-electron chi connectivity index (χ1n) is 7.15. The Morgan fingerprint density at radius 1 is 1.19 bits per heavy atom. The van der Waals surface area contributed by atoms with Crippen LogP contribution in [-0.2, 0) is 6.42 Å². The summed E-state index contributed by atoms with van der Waals surface area (Å²) in [6.07, 6.45) is 0.857. The fraction of sp³-hybridized carbons (Fsp3) is 0.278. The Morgan fingerprint density at radius 3 is 2.57 bits per heavy atom. The topological polar surface area (TPSA) is 49.3 Å². The first-order valence-corrected chi connectivity index (χ1v) is 7.15. The standard InChI is InChI=1S/C18H19NO2/c1-18(2)11-14-10-13(17(20)21)8-9-15(14)19-16(18)12-6-4-3-5-7-12/h3-10,16,19H,11H2,1-2H3,(H,20,21)/t16-/m1/s1. The fourth-order valence-corrected chi connectivity index (χ4v) is 3.14. The maximum absolute atomic E-state index is 11.1. The maximum Gasteiger partial charge on any atom is 0.335 e. The molecule has 0 saturated heterocycles. The van der Waals surface area contributed by atoms with E-state index in [4.69, 9.17) is 5.11 Å². The second kappa shape index (κ2) is 4.92. The zero-order valence-electron chi connectivity index (χ0n) is 12.3. The molecule has 3 heteroatoms. The molecule has 0 bridgehead atoms. The number of hydrogen-bond acceptors (Lipinski definition) is 2. The average Bonchev–Trinajstić information content (AvgIpc) is 2.45. The van der Waals surface area contributed by atoms with Gasteiger partial charge in [0.1, 0.15) is 0 Å². The van der Waals surface area contributed by atoms with E-state index in [-0.39, 0.29) is 11.5 Å². The normalized spacial score (nSPS) is 19.4. The average molecular weight is 281 g/mol. The number of nitrogens with one attached hydrogen (secondary N) is 1. The van der Waals surface area contributed by atoms with Crippen LogP contribution in [-0.4, -0.2) is 11.1 Å². The minimum Gasteiger partial charge on any atom is -0.478 e. The lowest BCUT2D eigenvalue weighted by atomic mass is 9.73. The van der Waals surface area contributed by atoms with E-state index < -0.39 is 5.97 Å². The number of fused-ring (bicyclic) bond motifs is 1. The highest BCUT2D eigenvalue weighted by molar-refractivity contribution is 5.88. The molecule has 0 saturated carbocycles. The van der Waals surface area contributed by atoms with Crippen molar-refractivity contribution in [1.82, 2.24) is 0 Å². The molecule has 21 heavy (non-hydrogen) atoms. The molecule has 0 fully saturated rings. The van der Waals surface area contributed by atoms with Crippen LogP contribution in [0.5, 0.6) is 0 Å². The van der Waals surface area contributed by atoms with Crippen LogP contribution in [0.3, 0.4) is 0 Å². The Kier molecular flexibility index (Phi) is 3.20. The Bertz CT molecular complexity index is 677. The highest BCUT2D eigenvalue weighted by atomic mass is 16.4. The molecular weight excluding hydrogens is 262 g/mol. The summed E-state index contributed by atoms with van der Waals surface area (Å²) in [5, 5.41) is 12.7. The van der Waals surface area contributed by atoms with Crippen molar-refractivity contribution < 1.29 is 9.90 Å². The van der Waals surface area contributed by atoms with Gasteiger partial charge in [-0.15, -0.1) is 0 Å². The maximum atomic E-state index is 11.1. The molecular formula is C18H19NO2. The lowest BCUT2D eigenvalue weighted by molar-refractivity contribution is 0.0696. The summed E-state index contributed by atoms with van der Waals surface area (Å²) in [5.74, 6) is -0.874. The van der Waals surface area contributed by atoms with Crippen molar-refractivity contribution in [2.45, 2.75) is 26.3 Å². The predicted octanol–water partition coefficient (Wildman–Crippen LogP) is 4.12.